The summed E-state index contributed by atoms with van der Waals surface area (Å²) in [4.78, 5) is 27.4. The zero-order valence-corrected chi connectivity index (χ0v) is 23.8. The summed E-state index contributed by atoms with van der Waals surface area (Å²) in [5.41, 5.74) is 4.31. The molecule has 2 aromatic carbocycles. The van der Waals surface area contributed by atoms with Crippen LogP contribution >= 0.6 is 35.1 Å². The van der Waals surface area contributed by atoms with E-state index < -0.39 is 0 Å². The number of amidine groups is 1. The summed E-state index contributed by atoms with van der Waals surface area (Å²) < 4.78 is 0. The van der Waals surface area contributed by atoms with Gasteiger partial charge in [0.1, 0.15) is 4.91 Å². The molecule has 0 atom stereocenters. The molecule has 2 aromatic rings. The third-order valence-electron chi connectivity index (χ3n) is 7.27. The SMILES string of the molecule is CCN(CC)c1ccc(N=C2SC(=C3Sc4ccc(Cl)cc4N3C)C(=O)N2C2CCCCC2)c(C)c1. The minimum absolute atomic E-state index is 0.0799. The van der Waals surface area contributed by atoms with E-state index >= 15 is 0 Å². The van der Waals surface area contributed by atoms with Gasteiger partial charge in [0.25, 0.3) is 5.91 Å². The van der Waals surface area contributed by atoms with Crippen molar-refractivity contribution in [2.75, 3.05) is 29.9 Å². The maximum Gasteiger partial charge on any atom is 0.269 e. The smallest absolute Gasteiger partial charge is 0.269 e. The lowest BCUT2D eigenvalue weighted by Crippen LogP contribution is -2.40. The fraction of sp³-hybridized carbons (Fsp3) is 0.429. The Kier molecular flexibility index (Phi) is 7.61. The molecule has 1 aliphatic carbocycles. The van der Waals surface area contributed by atoms with Gasteiger partial charge in [0, 0.05) is 41.8 Å². The number of aryl methyl sites for hydroxylation is 1. The molecule has 3 aliphatic rings. The standard InChI is InChI=1S/C28H33ClN4OS2/c1-5-32(6-2)21-13-14-22(18(3)16-21)30-28-33(20-10-8-7-9-11-20)26(34)25(36-28)27-31(4)23-17-19(29)12-15-24(23)35-27/h12-17,20H,5-11H2,1-4H3. The molecule has 36 heavy (non-hydrogen) atoms. The van der Waals surface area contributed by atoms with Crippen molar-refractivity contribution in [1.82, 2.24) is 4.90 Å². The van der Waals surface area contributed by atoms with Gasteiger partial charge in [0.2, 0.25) is 0 Å². The first-order valence-electron chi connectivity index (χ1n) is 12.8. The van der Waals surface area contributed by atoms with Crippen LogP contribution in [0.25, 0.3) is 0 Å². The van der Waals surface area contributed by atoms with Gasteiger partial charge in [-0.15, -0.1) is 0 Å². The minimum atomic E-state index is 0.0799. The lowest BCUT2D eigenvalue weighted by molar-refractivity contribution is -0.124. The van der Waals surface area contributed by atoms with E-state index in [9.17, 15) is 4.79 Å². The number of thioether (sulfide) groups is 2. The van der Waals surface area contributed by atoms with Crippen LogP contribution in [0.3, 0.4) is 0 Å². The quantitative estimate of drug-likeness (QED) is 0.362. The summed E-state index contributed by atoms with van der Waals surface area (Å²) in [5, 5.41) is 2.46. The number of rotatable bonds is 5. The molecule has 8 heteroatoms. The van der Waals surface area contributed by atoms with Gasteiger partial charge < -0.3 is 9.80 Å². The first-order valence-corrected chi connectivity index (χ1v) is 14.8. The molecule has 0 bridgehead atoms. The van der Waals surface area contributed by atoms with Crippen molar-refractivity contribution in [2.24, 2.45) is 4.99 Å². The van der Waals surface area contributed by atoms with Crippen LogP contribution in [-0.2, 0) is 4.79 Å². The van der Waals surface area contributed by atoms with Gasteiger partial charge in [0.15, 0.2) is 5.17 Å². The molecule has 5 rings (SSSR count). The molecule has 1 saturated carbocycles. The number of nitrogens with zero attached hydrogens (tertiary/aromatic N) is 4. The van der Waals surface area contributed by atoms with Gasteiger partial charge in [-0.3, -0.25) is 9.69 Å². The van der Waals surface area contributed by atoms with Gasteiger partial charge >= 0.3 is 0 Å². The maximum atomic E-state index is 14.0. The highest BCUT2D eigenvalue weighted by atomic mass is 35.5. The van der Waals surface area contributed by atoms with E-state index in [4.69, 9.17) is 16.6 Å². The molecule has 1 amide bonds. The summed E-state index contributed by atoms with van der Waals surface area (Å²) in [6.45, 7) is 8.40. The molecule has 1 saturated heterocycles. The fourth-order valence-electron chi connectivity index (χ4n) is 5.23. The van der Waals surface area contributed by atoms with E-state index in [1.54, 1.807) is 11.8 Å². The Morgan fingerprint density at radius 3 is 2.50 bits per heavy atom. The first kappa shape index (κ1) is 25.6. The van der Waals surface area contributed by atoms with Crippen LogP contribution in [0.1, 0.15) is 51.5 Å². The summed E-state index contributed by atoms with van der Waals surface area (Å²) in [6.07, 6.45) is 5.63. The second-order valence-corrected chi connectivity index (χ2v) is 12.0. The molecule has 2 fully saturated rings. The van der Waals surface area contributed by atoms with Crippen molar-refractivity contribution in [2.45, 2.75) is 63.8 Å². The Morgan fingerprint density at radius 2 is 1.81 bits per heavy atom. The predicted octanol–water partition coefficient (Wildman–Crippen LogP) is 7.80. The normalized spacial score (nSPS) is 21.6. The average Bonchev–Trinajstić information content (AvgIpc) is 3.37. The van der Waals surface area contributed by atoms with Crippen LogP contribution in [-0.4, -0.2) is 42.2 Å². The molecule has 0 spiro atoms. The number of fused-ring (bicyclic) bond motifs is 1. The van der Waals surface area contributed by atoms with E-state index in [0.29, 0.717) is 5.02 Å². The second kappa shape index (κ2) is 10.7. The molecule has 190 valence electrons. The van der Waals surface area contributed by atoms with E-state index in [2.05, 4.69) is 48.8 Å². The Bertz CT molecular complexity index is 1230. The van der Waals surface area contributed by atoms with Crippen LogP contribution in [0.15, 0.2) is 56.2 Å². The van der Waals surface area contributed by atoms with Crippen molar-refractivity contribution >= 4 is 63.3 Å². The number of carbonyl (C=O) groups is 1. The van der Waals surface area contributed by atoms with Gasteiger partial charge in [-0.25, -0.2) is 4.99 Å². The van der Waals surface area contributed by atoms with Crippen LogP contribution in [0.5, 0.6) is 0 Å². The third-order valence-corrected chi connectivity index (χ3v) is 9.91. The Hall–Kier alpha value is -2.09. The van der Waals surface area contributed by atoms with E-state index in [-0.39, 0.29) is 11.9 Å². The summed E-state index contributed by atoms with van der Waals surface area (Å²) in [7, 11) is 2.02. The van der Waals surface area contributed by atoms with Gasteiger partial charge in [-0.2, -0.15) is 0 Å². The van der Waals surface area contributed by atoms with E-state index in [1.807, 2.05) is 30.1 Å². The topological polar surface area (TPSA) is 39.1 Å². The van der Waals surface area contributed by atoms with Gasteiger partial charge in [-0.1, -0.05) is 42.6 Å². The van der Waals surface area contributed by atoms with Gasteiger partial charge in [-0.05, 0) is 87.3 Å². The number of halogens is 1. The largest absolute Gasteiger partial charge is 0.372 e. The fourth-order valence-corrected chi connectivity index (χ4v) is 7.77. The number of hydrogen-bond acceptors (Lipinski definition) is 6. The lowest BCUT2D eigenvalue weighted by Gasteiger charge is -2.30. The number of aliphatic imine (C=N–C) groups is 1. The third kappa shape index (κ3) is 4.77. The molecular weight excluding hydrogens is 508 g/mol. The minimum Gasteiger partial charge on any atom is -0.372 e. The number of amides is 1. The van der Waals surface area contributed by atoms with Crippen molar-refractivity contribution in [3.8, 4) is 0 Å². The Balaban J connectivity index is 1.53. The molecule has 0 unspecified atom stereocenters. The summed E-state index contributed by atoms with van der Waals surface area (Å²) in [5.74, 6) is 0.0799. The summed E-state index contributed by atoms with van der Waals surface area (Å²) >= 11 is 9.43. The number of hydrogen-bond donors (Lipinski definition) is 0. The highest BCUT2D eigenvalue weighted by Crippen LogP contribution is 2.51. The Morgan fingerprint density at radius 1 is 1.06 bits per heavy atom. The number of benzene rings is 2. The number of carbonyl (C=O) groups excluding carboxylic acids is 1. The molecule has 2 heterocycles. The second-order valence-electron chi connectivity index (χ2n) is 9.51. The molecule has 0 radical (unpaired) electrons. The highest BCUT2D eigenvalue weighted by molar-refractivity contribution is 8.19. The predicted molar refractivity (Wildman–Crippen MR) is 156 cm³/mol. The molecule has 5 nitrogen and oxygen atoms in total. The first-order chi connectivity index (χ1) is 17.4. The monoisotopic (exact) mass is 540 g/mol. The average molecular weight is 541 g/mol. The van der Waals surface area contributed by atoms with Gasteiger partial charge in [0.05, 0.1) is 16.4 Å². The van der Waals surface area contributed by atoms with Crippen LogP contribution < -0.4 is 9.80 Å². The van der Waals surface area contributed by atoms with Crippen molar-refractivity contribution < 1.29 is 4.79 Å². The zero-order valence-electron chi connectivity index (χ0n) is 21.4. The van der Waals surface area contributed by atoms with Crippen molar-refractivity contribution in [3.05, 3.63) is 56.9 Å². The van der Waals surface area contributed by atoms with Crippen LogP contribution in [0.4, 0.5) is 17.1 Å². The van der Waals surface area contributed by atoms with Crippen LogP contribution in [0, 0.1) is 6.92 Å². The van der Waals surface area contributed by atoms with Crippen LogP contribution in [0.2, 0.25) is 5.02 Å². The lowest BCUT2D eigenvalue weighted by atomic mass is 9.94. The molecule has 2 aliphatic heterocycles. The molecular formula is C28H33ClN4OS2. The van der Waals surface area contributed by atoms with Crippen molar-refractivity contribution in [3.63, 3.8) is 0 Å². The summed E-state index contributed by atoms with van der Waals surface area (Å²) in [6, 6.07) is 12.6. The van der Waals surface area contributed by atoms with E-state index in [0.717, 1.165) is 75.7 Å². The highest BCUT2D eigenvalue weighted by Gasteiger charge is 2.42. The number of anilines is 2. The maximum absolute atomic E-state index is 14.0. The zero-order chi connectivity index (χ0) is 25.4. The Labute approximate surface area is 228 Å². The molecule has 0 N–H and O–H groups in total. The van der Waals surface area contributed by atoms with E-state index in [1.165, 1.54) is 23.9 Å². The van der Waals surface area contributed by atoms with Crippen molar-refractivity contribution in [1.29, 1.82) is 0 Å². The molecule has 0 aromatic heterocycles.